The van der Waals surface area contributed by atoms with Crippen LogP contribution in [0.1, 0.15) is 5.69 Å². The SMILES string of the molecule is C=CCON=C(C(=O)N[C@@H]1C(=O)N2C(C(=O)O)=C(SCSc3cn[nH]n3)CS[C@@H]12)c1csc(N)n1. The predicted molar refractivity (Wildman–Crippen MR) is 134 cm³/mol. The number of fused-ring (bicyclic) bond motifs is 1. The van der Waals surface area contributed by atoms with Gasteiger partial charge < -0.3 is 21.0 Å². The fourth-order valence-electron chi connectivity index (χ4n) is 3.09. The van der Waals surface area contributed by atoms with Gasteiger partial charge in [0.25, 0.3) is 11.8 Å². The van der Waals surface area contributed by atoms with Crippen LogP contribution in [0, 0.1) is 0 Å². The summed E-state index contributed by atoms with van der Waals surface area (Å²) in [7, 11) is 0. The number of nitrogens with zero attached hydrogens (tertiary/aromatic N) is 5. The van der Waals surface area contributed by atoms with E-state index in [1.165, 1.54) is 46.3 Å². The molecule has 184 valence electrons. The highest BCUT2D eigenvalue weighted by molar-refractivity contribution is 8.18. The molecular weight excluding hydrogens is 537 g/mol. The average Bonchev–Trinajstić information content (AvgIpc) is 3.51. The van der Waals surface area contributed by atoms with Gasteiger partial charge >= 0.3 is 5.97 Å². The van der Waals surface area contributed by atoms with Crippen LogP contribution in [-0.2, 0) is 19.2 Å². The number of aromatic amines is 1. The van der Waals surface area contributed by atoms with Crippen molar-refractivity contribution in [3.8, 4) is 0 Å². The number of hydrogen-bond acceptors (Lipinski definition) is 13. The Balaban J connectivity index is 1.46. The highest BCUT2D eigenvalue weighted by Gasteiger charge is 2.54. The van der Waals surface area contributed by atoms with Crippen LogP contribution in [0.25, 0.3) is 0 Å². The molecule has 1 fully saturated rings. The summed E-state index contributed by atoms with van der Waals surface area (Å²) in [6, 6.07) is -0.932. The molecule has 4 heterocycles. The zero-order chi connectivity index (χ0) is 24.9. The van der Waals surface area contributed by atoms with E-state index in [0.29, 0.717) is 20.8 Å². The normalized spacial score (nSPS) is 19.7. The maximum absolute atomic E-state index is 13.0. The lowest BCUT2D eigenvalue weighted by molar-refractivity contribution is -0.150. The topological polar surface area (TPSA) is 189 Å². The number of carbonyl (C=O) groups is 3. The van der Waals surface area contributed by atoms with Crippen LogP contribution in [0.3, 0.4) is 0 Å². The van der Waals surface area contributed by atoms with Gasteiger partial charge in [-0.05, 0) is 0 Å². The molecule has 2 aromatic heterocycles. The molecular formula is C18H18N8O5S4. The lowest BCUT2D eigenvalue weighted by Gasteiger charge is -2.49. The summed E-state index contributed by atoms with van der Waals surface area (Å²) < 4.78 is 0. The van der Waals surface area contributed by atoms with E-state index < -0.39 is 29.2 Å². The predicted octanol–water partition coefficient (Wildman–Crippen LogP) is 0.929. The number of β-lactam (4-membered cyclic amide) rings is 1. The molecule has 0 unspecified atom stereocenters. The quantitative estimate of drug-likeness (QED) is 0.0586. The zero-order valence-corrected chi connectivity index (χ0v) is 21.0. The molecule has 2 aromatic rings. The molecule has 0 bridgehead atoms. The molecule has 0 aromatic carbocycles. The van der Waals surface area contributed by atoms with E-state index in [4.69, 9.17) is 10.6 Å². The Kier molecular flexibility index (Phi) is 7.99. The molecule has 2 atom stereocenters. The number of anilines is 1. The molecule has 2 aliphatic rings. The third-order valence-electron chi connectivity index (χ3n) is 4.58. The first-order chi connectivity index (χ1) is 16.9. The number of nitrogens with two attached hydrogens (primary N) is 1. The number of aliphatic carboxylic acids is 1. The van der Waals surface area contributed by atoms with Gasteiger partial charge in [0, 0.05) is 16.0 Å². The smallest absolute Gasteiger partial charge is 0.353 e. The Labute approximate surface area is 215 Å². The number of carboxylic acids is 1. The third kappa shape index (κ3) is 5.47. The minimum atomic E-state index is -1.21. The van der Waals surface area contributed by atoms with Crippen molar-refractivity contribution < 1.29 is 24.3 Å². The van der Waals surface area contributed by atoms with E-state index in [1.807, 2.05) is 0 Å². The van der Waals surface area contributed by atoms with Crippen LogP contribution >= 0.6 is 46.6 Å². The fraction of sp³-hybridized carbons (Fsp3) is 0.278. The van der Waals surface area contributed by atoms with Gasteiger partial charge in [0.2, 0.25) is 0 Å². The van der Waals surface area contributed by atoms with Crippen LogP contribution < -0.4 is 11.1 Å². The lowest BCUT2D eigenvalue weighted by Crippen LogP contribution is -2.71. The standard InChI is InChI=1S/C18H18N8O5S4/c1-2-3-31-24-11(8-5-33-18(19)21-8)14(27)22-12-15(28)26-13(17(29)30)9(6-32-16(12)26)34-7-35-10-4-20-25-23-10/h2,4-5,12,16H,1,3,6-7H2,(H2,19,21)(H,22,27)(H,29,30)(H,20,23,25)/t12-,16+/m1/s1. The maximum atomic E-state index is 13.0. The van der Waals surface area contributed by atoms with Crippen LogP contribution in [0.2, 0.25) is 0 Å². The average molecular weight is 555 g/mol. The number of thioether (sulfide) groups is 3. The van der Waals surface area contributed by atoms with Crippen molar-refractivity contribution in [2.45, 2.75) is 16.4 Å². The van der Waals surface area contributed by atoms with Gasteiger partial charge in [-0.15, -0.1) is 40.0 Å². The van der Waals surface area contributed by atoms with Crippen LogP contribution in [-0.4, -0.2) is 82.8 Å². The summed E-state index contributed by atoms with van der Waals surface area (Å²) in [5, 5.41) is 28.8. The second kappa shape index (κ2) is 11.1. The molecule has 1 saturated heterocycles. The zero-order valence-electron chi connectivity index (χ0n) is 17.7. The van der Waals surface area contributed by atoms with Gasteiger partial charge in [-0.25, -0.2) is 9.78 Å². The van der Waals surface area contributed by atoms with Crippen LogP contribution in [0.5, 0.6) is 0 Å². The van der Waals surface area contributed by atoms with Crippen LogP contribution in [0.15, 0.2) is 45.0 Å². The van der Waals surface area contributed by atoms with Gasteiger partial charge in [0.15, 0.2) is 10.8 Å². The maximum Gasteiger partial charge on any atom is 0.353 e. The molecule has 2 amide bonds. The Morgan fingerprint density at radius 2 is 2.31 bits per heavy atom. The molecule has 17 heteroatoms. The lowest BCUT2D eigenvalue weighted by atomic mass is 10.0. The molecule has 2 aliphatic heterocycles. The van der Waals surface area contributed by atoms with Crippen molar-refractivity contribution in [2.75, 3.05) is 23.2 Å². The molecule has 4 rings (SSSR count). The molecule has 35 heavy (non-hydrogen) atoms. The summed E-state index contributed by atoms with van der Waals surface area (Å²) in [6.45, 7) is 3.58. The van der Waals surface area contributed by atoms with Crippen molar-refractivity contribution >= 4 is 75.2 Å². The number of aromatic nitrogens is 4. The number of carboxylic acid groups (broad SMARTS) is 1. The van der Waals surface area contributed by atoms with Gasteiger partial charge in [-0.2, -0.15) is 10.3 Å². The van der Waals surface area contributed by atoms with Crippen molar-refractivity contribution in [3.05, 3.63) is 40.5 Å². The summed E-state index contributed by atoms with van der Waals surface area (Å²) >= 11 is 5.20. The van der Waals surface area contributed by atoms with E-state index >= 15 is 0 Å². The van der Waals surface area contributed by atoms with Gasteiger partial charge in [0.05, 0.1) is 11.3 Å². The second-order valence-electron chi connectivity index (χ2n) is 6.75. The minimum Gasteiger partial charge on any atom is -0.477 e. The Hall–Kier alpha value is -3.02. The van der Waals surface area contributed by atoms with E-state index in [-0.39, 0.29) is 28.8 Å². The van der Waals surface area contributed by atoms with E-state index in [2.05, 4.69) is 37.4 Å². The second-order valence-corrected chi connectivity index (χ2v) is 11.2. The highest BCUT2D eigenvalue weighted by Crippen LogP contribution is 2.44. The first kappa shape index (κ1) is 25.1. The summed E-state index contributed by atoms with van der Waals surface area (Å²) in [5.41, 5.74) is 5.63. The van der Waals surface area contributed by atoms with E-state index in [0.717, 1.165) is 11.3 Å². The number of thiazole rings is 1. The summed E-state index contributed by atoms with van der Waals surface area (Å²) in [6.07, 6.45) is 3.02. The van der Waals surface area contributed by atoms with E-state index in [9.17, 15) is 19.5 Å². The molecule has 13 nitrogen and oxygen atoms in total. The van der Waals surface area contributed by atoms with Crippen LogP contribution in [0.4, 0.5) is 5.13 Å². The Morgan fingerprint density at radius 3 is 2.97 bits per heavy atom. The fourth-order valence-corrected chi connectivity index (χ4v) is 7.21. The number of carbonyl (C=O) groups excluding carboxylic acids is 2. The number of hydrogen-bond donors (Lipinski definition) is 4. The number of rotatable bonds is 11. The first-order valence-corrected chi connectivity index (χ1v) is 13.7. The number of amides is 2. The van der Waals surface area contributed by atoms with Crippen molar-refractivity contribution in [1.29, 1.82) is 0 Å². The molecule has 0 aliphatic carbocycles. The summed E-state index contributed by atoms with van der Waals surface area (Å²) in [5.74, 6) is -2.05. The van der Waals surface area contributed by atoms with Gasteiger partial charge in [-0.3, -0.25) is 14.5 Å². The van der Waals surface area contributed by atoms with E-state index in [1.54, 1.807) is 11.6 Å². The number of oxime groups is 1. The first-order valence-electron chi connectivity index (χ1n) is 9.76. The monoisotopic (exact) mass is 554 g/mol. The molecule has 0 saturated carbocycles. The van der Waals surface area contributed by atoms with Crippen molar-refractivity contribution in [1.82, 2.24) is 30.6 Å². The highest BCUT2D eigenvalue weighted by atomic mass is 32.2. The minimum absolute atomic E-state index is 0.0627. The summed E-state index contributed by atoms with van der Waals surface area (Å²) in [4.78, 5) is 48.8. The van der Waals surface area contributed by atoms with Crippen molar-refractivity contribution in [3.63, 3.8) is 0 Å². The van der Waals surface area contributed by atoms with Gasteiger partial charge in [-0.1, -0.05) is 29.6 Å². The number of nitrogens with one attached hydrogen (secondary N) is 2. The third-order valence-corrected chi connectivity index (χ3v) is 8.84. The number of nitrogen functional groups attached to an aromatic ring is 1. The largest absolute Gasteiger partial charge is 0.477 e. The Bertz CT molecular complexity index is 1200. The van der Waals surface area contributed by atoms with Gasteiger partial charge in [0.1, 0.15) is 34.4 Å². The molecule has 0 spiro atoms. The van der Waals surface area contributed by atoms with Crippen molar-refractivity contribution in [2.24, 2.45) is 5.16 Å². The Morgan fingerprint density at radius 1 is 1.49 bits per heavy atom. The molecule has 0 radical (unpaired) electrons. The number of H-pyrrole nitrogens is 1. The molecule has 5 N–H and O–H groups in total.